The third-order valence-corrected chi connectivity index (χ3v) is 5.51. The van der Waals surface area contributed by atoms with E-state index >= 15 is 0 Å². The number of guanidine groups is 1. The van der Waals surface area contributed by atoms with Crippen LogP contribution >= 0.6 is 0 Å². The van der Waals surface area contributed by atoms with Gasteiger partial charge in [0.25, 0.3) is 0 Å². The van der Waals surface area contributed by atoms with Gasteiger partial charge in [-0.25, -0.2) is 8.42 Å². The number of nitrogens with one attached hydrogen (secondary N) is 2. The minimum absolute atomic E-state index is 0.0770. The van der Waals surface area contributed by atoms with Crippen LogP contribution in [-0.4, -0.2) is 59.2 Å². The predicted octanol–water partition coefficient (Wildman–Crippen LogP) is 1.84. The summed E-state index contributed by atoms with van der Waals surface area (Å²) in [5, 5.41) is 6.46. The van der Waals surface area contributed by atoms with E-state index in [-0.39, 0.29) is 17.3 Å². The van der Waals surface area contributed by atoms with E-state index in [4.69, 9.17) is 9.47 Å². The third kappa shape index (κ3) is 7.66. The molecule has 1 aromatic carbocycles. The second-order valence-corrected chi connectivity index (χ2v) is 9.39. The molecule has 27 heavy (non-hydrogen) atoms. The van der Waals surface area contributed by atoms with Crippen molar-refractivity contribution in [1.82, 2.24) is 10.6 Å². The van der Waals surface area contributed by atoms with Gasteiger partial charge in [-0.3, -0.25) is 4.99 Å². The number of benzene rings is 1. The number of ether oxygens (including phenoxy) is 2. The van der Waals surface area contributed by atoms with Gasteiger partial charge in [-0.05, 0) is 38.8 Å². The van der Waals surface area contributed by atoms with Crippen LogP contribution in [0.25, 0.3) is 0 Å². The van der Waals surface area contributed by atoms with Crippen LogP contribution in [-0.2, 0) is 9.84 Å². The highest BCUT2D eigenvalue weighted by molar-refractivity contribution is 7.90. The number of rotatable bonds is 10. The molecule has 8 heteroatoms. The zero-order chi connectivity index (χ0) is 19.9. The Morgan fingerprint density at radius 2 is 2.00 bits per heavy atom. The van der Waals surface area contributed by atoms with Crippen LogP contribution in [0.15, 0.2) is 29.3 Å². The van der Waals surface area contributed by atoms with Crippen molar-refractivity contribution < 1.29 is 17.9 Å². The maximum absolute atomic E-state index is 11.6. The van der Waals surface area contributed by atoms with Crippen LogP contribution in [0.5, 0.6) is 11.5 Å². The van der Waals surface area contributed by atoms with Gasteiger partial charge >= 0.3 is 0 Å². The maximum Gasteiger partial charge on any atom is 0.191 e. The van der Waals surface area contributed by atoms with E-state index in [2.05, 4.69) is 15.6 Å². The zero-order valence-corrected chi connectivity index (χ0v) is 17.4. The molecule has 0 spiro atoms. The van der Waals surface area contributed by atoms with E-state index in [9.17, 15) is 8.42 Å². The monoisotopic (exact) mass is 397 g/mol. The molecule has 0 saturated heterocycles. The summed E-state index contributed by atoms with van der Waals surface area (Å²) in [6.07, 6.45) is 3.04. The van der Waals surface area contributed by atoms with E-state index in [1.807, 2.05) is 38.1 Å². The fourth-order valence-corrected chi connectivity index (χ4v) is 4.35. The summed E-state index contributed by atoms with van der Waals surface area (Å²) in [5.74, 6) is 2.38. The first-order chi connectivity index (χ1) is 12.8. The molecule has 1 unspecified atom stereocenters. The summed E-state index contributed by atoms with van der Waals surface area (Å²) in [6, 6.07) is 7.49. The van der Waals surface area contributed by atoms with E-state index in [1.54, 1.807) is 7.11 Å². The van der Waals surface area contributed by atoms with Gasteiger partial charge < -0.3 is 20.1 Å². The molecule has 2 N–H and O–H groups in total. The van der Waals surface area contributed by atoms with E-state index in [0.717, 1.165) is 30.9 Å². The highest BCUT2D eigenvalue weighted by Crippen LogP contribution is 2.46. The SMILES string of the molecule is CCNC(=NCC1(CS(C)(=O)=O)CC1)NCC(C)Oc1cccc(OC)c1. The second kappa shape index (κ2) is 9.30. The van der Waals surface area contributed by atoms with Crippen LogP contribution in [0.3, 0.4) is 0 Å². The van der Waals surface area contributed by atoms with Crippen molar-refractivity contribution in [2.45, 2.75) is 32.8 Å². The molecule has 2 rings (SSSR count). The number of aliphatic imine (C=N–C) groups is 1. The summed E-state index contributed by atoms with van der Waals surface area (Å²) in [6.45, 7) is 5.79. The van der Waals surface area contributed by atoms with Crippen molar-refractivity contribution in [3.05, 3.63) is 24.3 Å². The lowest BCUT2D eigenvalue weighted by atomic mass is 10.1. The molecule has 0 heterocycles. The minimum atomic E-state index is -2.99. The first kappa shape index (κ1) is 21.3. The average molecular weight is 398 g/mol. The molecule has 0 aromatic heterocycles. The standard InChI is InChI=1S/C19H31N3O4S/c1-5-20-18(22-13-19(9-10-19)14-27(4,23)24)21-12-15(2)26-17-8-6-7-16(11-17)25-3/h6-8,11,15H,5,9-10,12-14H2,1-4H3,(H2,20,21,22). The Hall–Kier alpha value is -1.96. The summed E-state index contributed by atoms with van der Waals surface area (Å²) in [5.41, 5.74) is -0.182. The molecule has 1 aliphatic carbocycles. The van der Waals surface area contributed by atoms with E-state index in [1.165, 1.54) is 6.26 Å². The Balaban J connectivity index is 1.87. The first-order valence-corrected chi connectivity index (χ1v) is 11.3. The fourth-order valence-electron chi connectivity index (χ4n) is 2.86. The molecule has 0 bridgehead atoms. The lowest BCUT2D eigenvalue weighted by molar-refractivity contribution is 0.223. The topological polar surface area (TPSA) is 89.0 Å². The quantitative estimate of drug-likeness (QED) is 0.463. The average Bonchev–Trinajstić information content (AvgIpc) is 3.35. The zero-order valence-electron chi connectivity index (χ0n) is 16.6. The molecule has 1 aromatic rings. The predicted molar refractivity (Wildman–Crippen MR) is 108 cm³/mol. The van der Waals surface area contributed by atoms with Gasteiger partial charge in [0, 0.05) is 30.8 Å². The number of nitrogens with zero attached hydrogens (tertiary/aromatic N) is 1. The maximum atomic E-state index is 11.6. The van der Waals surface area contributed by atoms with Gasteiger partial charge in [0.2, 0.25) is 0 Å². The summed E-state index contributed by atoms with van der Waals surface area (Å²) in [4.78, 5) is 4.59. The van der Waals surface area contributed by atoms with Crippen LogP contribution in [0.1, 0.15) is 26.7 Å². The van der Waals surface area contributed by atoms with Crippen molar-refractivity contribution in [3.8, 4) is 11.5 Å². The Kier molecular flexibility index (Phi) is 7.35. The molecule has 1 atom stereocenters. The molecule has 0 amide bonds. The van der Waals surface area contributed by atoms with Crippen molar-refractivity contribution >= 4 is 15.8 Å². The number of sulfone groups is 1. The number of hydrogen-bond acceptors (Lipinski definition) is 5. The number of methoxy groups -OCH3 is 1. The van der Waals surface area contributed by atoms with Crippen molar-refractivity contribution in [2.24, 2.45) is 10.4 Å². The molecule has 7 nitrogen and oxygen atoms in total. The minimum Gasteiger partial charge on any atom is -0.497 e. The summed E-state index contributed by atoms with van der Waals surface area (Å²) >= 11 is 0. The van der Waals surface area contributed by atoms with Crippen molar-refractivity contribution in [1.29, 1.82) is 0 Å². The van der Waals surface area contributed by atoms with Gasteiger partial charge in [-0.15, -0.1) is 0 Å². The summed E-state index contributed by atoms with van der Waals surface area (Å²) < 4.78 is 34.3. The van der Waals surface area contributed by atoms with Crippen LogP contribution in [0.4, 0.5) is 0 Å². The lowest BCUT2D eigenvalue weighted by Gasteiger charge is -2.19. The van der Waals surface area contributed by atoms with Crippen molar-refractivity contribution in [2.75, 3.05) is 38.8 Å². The molecule has 0 aliphatic heterocycles. The molecule has 152 valence electrons. The van der Waals surface area contributed by atoms with Crippen LogP contribution in [0.2, 0.25) is 0 Å². The highest BCUT2D eigenvalue weighted by atomic mass is 32.2. The van der Waals surface area contributed by atoms with Gasteiger partial charge in [0.05, 0.1) is 19.4 Å². The van der Waals surface area contributed by atoms with Crippen LogP contribution in [0, 0.1) is 5.41 Å². The first-order valence-electron chi connectivity index (χ1n) is 9.26. The Bertz CT molecular complexity index is 745. The fraction of sp³-hybridized carbons (Fsp3) is 0.632. The van der Waals surface area contributed by atoms with E-state index < -0.39 is 9.84 Å². The van der Waals surface area contributed by atoms with Gasteiger partial charge in [-0.2, -0.15) is 0 Å². The molecule has 1 saturated carbocycles. The molecule has 0 radical (unpaired) electrons. The Morgan fingerprint density at radius 3 is 2.59 bits per heavy atom. The van der Waals surface area contributed by atoms with E-state index in [0.29, 0.717) is 19.0 Å². The normalized spacial score (nSPS) is 17.1. The lowest BCUT2D eigenvalue weighted by Crippen LogP contribution is -2.42. The Morgan fingerprint density at radius 1 is 1.30 bits per heavy atom. The molecular weight excluding hydrogens is 366 g/mol. The largest absolute Gasteiger partial charge is 0.497 e. The van der Waals surface area contributed by atoms with Gasteiger partial charge in [-0.1, -0.05) is 6.07 Å². The Labute approximate surface area is 162 Å². The third-order valence-electron chi connectivity index (χ3n) is 4.38. The number of hydrogen-bond donors (Lipinski definition) is 2. The smallest absolute Gasteiger partial charge is 0.191 e. The second-order valence-electron chi connectivity index (χ2n) is 7.25. The highest BCUT2D eigenvalue weighted by Gasteiger charge is 2.45. The van der Waals surface area contributed by atoms with Crippen LogP contribution < -0.4 is 20.1 Å². The van der Waals surface area contributed by atoms with Crippen molar-refractivity contribution in [3.63, 3.8) is 0 Å². The summed E-state index contributed by atoms with van der Waals surface area (Å²) in [7, 11) is -1.36. The molecular formula is C19H31N3O4S. The molecule has 1 fully saturated rings. The van der Waals surface area contributed by atoms with Gasteiger partial charge in [0.15, 0.2) is 5.96 Å². The van der Waals surface area contributed by atoms with Gasteiger partial charge in [0.1, 0.15) is 27.4 Å². The molecule has 1 aliphatic rings.